The number of amides is 1. The summed E-state index contributed by atoms with van der Waals surface area (Å²) in [6, 6.07) is 9.50. The molecule has 7 heteroatoms. The summed E-state index contributed by atoms with van der Waals surface area (Å²) in [5, 5.41) is 4.10. The Morgan fingerprint density at radius 3 is 2.32 bits per heavy atom. The normalized spacial score (nSPS) is 21.2. The molecule has 4 nitrogen and oxygen atoms in total. The zero-order chi connectivity index (χ0) is 15.8. The first-order valence-corrected chi connectivity index (χ1v) is 8.29. The lowest BCUT2D eigenvalue weighted by Crippen LogP contribution is -2.31. The van der Waals surface area contributed by atoms with Crippen molar-refractivity contribution in [2.45, 2.75) is 0 Å². The van der Waals surface area contributed by atoms with Crippen molar-refractivity contribution in [1.29, 1.82) is 0 Å². The van der Waals surface area contributed by atoms with E-state index in [1.54, 1.807) is 12.4 Å². The van der Waals surface area contributed by atoms with Crippen molar-refractivity contribution >= 4 is 42.3 Å². The molecule has 0 spiro atoms. The summed E-state index contributed by atoms with van der Waals surface area (Å²) in [6.07, 6.45) is 3.44. The maximum absolute atomic E-state index is 12.8. The van der Waals surface area contributed by atoms with E-state index in [4.69, 9.17) is 11.6 Å². The summed E-state index contributed by atoms with van der Waals surface area (Å²) in [7, 11) is 0. The molecule has 2 saturated heterocycles. The van der Waals surface area contributed by atoms with Gasteiger partial charge in [0, 0.05) is 49.2 Å². The van der Waals surface area contributed by atoms with E-state index in [1.165, 1.54) is 0 Å². The molecule has 1 aromatic heterocycles. The van der Waals surface area contributed by atoms with Gasteiger partial charge in [0.25, 0.3) is 5.91 Å². The van der Waals surface area contributed by atoms with Crippen LogP contribution in [0.4, 0.5) is 0 Å². The van der Waals surface area contributed by atoms with Crippen molar-refractivity contribution < 1.29 is 4.79 Å². The second-order valence-electron chi connectivity index (χ2n) is 6.36. The Morgan fingerprint density at radius 2 is 1.68 bits per heavy atom. The van der Waals surface area contributed by atoms with E-state index < -0.39 is 0 Å². The molecule has 0 saturated carbocycles. The number of carbonyl (C=O) groups excluding carboxylic acids is 1. The van der Waals surface area contributed by atoms with Gasteiger partial charge in [-0.05, 0) is 35.6 Å². The van der Waals surface area contributed by atoms with Crippen LogP contribution in [0, 0.1) is 11.8 Å². The topological polar surface area (TPSA) is 45.2 Å². The minimum atomic E-state index is 0. The molecule has 25 heavy (non-hydrogen) atoms. The van der Waals surface area contributed by atoms with Gasteiger partial charge in [-0.1, -0.05) is 23.7 Å². The second-order valence-corrected chi connectivity index (χ2v) is 6.79. The largest absolute Gasteiger partial charge is 0.338 e. The monoisotopic (exact) mass is 399 g/mol. The third kappa shape index (κ3) is 4.09. The number of likely N-dealkylation sites (tertiary alicyclic amines) is 1. The number of benzene rings is 1. The molecule has 2 aliphatic rings. The Bertz CT molecular complexity index is 727. The summed E-state index contributed by atoms with van der Waals surface area (Å²) in [4.78, 5) is 19.0. The highest BCUT2D eigenvalue weighted by Crippen LogP contribution is 2.28. The van der Waals surface area contributed by atoms with Crippen LogP contribution in [-0.2, 0) is 0 Å². The van der Waals surface area contributed by atoms with Crippen molar-refractivity contribution in [2.75, 3.05) is 26.2 Å². The van der Waals surface area contributed by atoms with Crippen molar-refractivity contribution in [1.82, 2.24) is 15.2 Å². The number of nitrogens with zero attached hydrogens (tertiary/aromatic N) is 2. The first-order chi connectivity index (χ1) is 11.2. The molecule has 2 atom stereocenters. The van der Waals surface area contributed by atoms with Gasteiger partial charge in [0.1, 0.15) is 0 Å². The van der Waals surface area contributed by atoms with Gasteiger partial charge in [-0.25, -0.2) is 0 Å². The molecule has 2 fully saturated rings. The van der Waals surface area contributed by atoms with Gasteiger partial charge in [0.15, 0.2) is 0 Å². The molecule has 0 radical (unpaired) electrons. The van der Waals surface area contributed by atoms with Crippen molar-refractivity contribution in [3.8, 4) is 11.1 Å². The van der Waals surface area contributed by atoms with Crippen molar-refractivity contribution in [3.63, 3.8) is 0 Å². The lowest BCUT2D eigenvalue weighted by atomic mass is 10.0. The Hall–Kier alpha value is -1.33. The number of aromatic nitrogens is 1. The van der Waals surface area contributed by atoms with Crippen LogP contribution in [0.5, 0.6) is 0 Å². The van der Waals surface area contributed by atoms with Gasteiger partial charge in [-0.3, -0.25) is 9.78 Å². The minimum absolute atomic E-state index is 0. The third-order valence-electron chi connectivity index (χ3n) is 4.84. The fourth-order valence-electron chi connectivity index (χ4n) is 3.56. The van der Waals surface area contributed by atoms with E-state index in [-0.39, 0.29) is 30.7 Å². The Labute approximate surface area is 164 Å². The van der Waals surface area contributed by atoms with E-state index in [9.17, 15) is 4.79 Å². The van der Waals surface area contributed by atoms with E-state index >= 15 is 0 Å². The average molecular weight is 401 g/mol. The third-order valence-corrected chi connectivity index (χ3v) is 5.09. The predicted octanol–water partition coefficient (Wildman–Crippen LogP) is 3.54. The number of halogens is 3. The van der Waals surface area contributed by atoms with Crippen LogP contribution < -0.4 is 5.32 Å². The van der Waals surface area contributed by atoms with Crippen LogP contribution in [0.2, 0.25) is 5.02 Å². The molecule has 2 aromatic rings. The molecular formula is C18H20Cl3N3O. The fraction of sp³-hybridized carbons (Fsp3) is 0.333. The zero-order valence-corrected chi connectivity index (χ0v) is 15.9. The van der Waals surface area contributed by atoms with Gasteiger partial charge >= 0.3 is 0 Å². The molecule has 0 bridgehead atoms. The molecule has 0 unspecified atom stereocenters. The molecular weight excluding hydrogens is 381 g/mol. The van der Waals surface area contributed by atoms with E-state index in [0.717, 1.165) is 37.3 Å². The first-order valence-electron chi connectivity index (χ1n) is 7.92. The zero-order valence-electron chi connectivity index (χ0n) is 13.5. The van der Waals surface area contributed by atoms with E-state index in [0.29, 0.717) is 22.4 Å². The summed E-state index contributed by atoms with van der Waals surface area (Å²) in [5.41, 5.74) is 2.61. The number of carbonyl (C=O) groups is 1. The predicted molar refractivity (Wildman–Crippen MR) is 105 cm³/mol. The van der Waals surface area contributed by atoms with E-state index in [1.807, 2.05) is 35.2 Å². The first kappa shape index (κ1) is 20.0. The van der Waals surface area contributed by atoms with Gasteiger partial charge < -0.3 is 10.2 Å². The van der Waals surface area contributed by atoms with Crippen LogP contribution in [0.25, 0.3) is 11.1 Å². The van der Waals surface area contributed by atoms with Crippen LogP contribution >= 0.6 is 36.4 Å². The SMILES string of the molecule is Cl.Cl.O=C(c1cncc(-c2ccc(Cl)cc2)c1)N1C[C@H]2CNC[C@H]2C1. The Balaban J connectivity index is 0.00000113. The molecule has 1 N–H and O–H groups in total. The molecule has 1 aromatic carbocycles. The lowest BCUT2D eigenvalue weighted by Gasteiger charge is -2.17. The highest BCUT2D eigenvalue weighted by Gasteiger charge is 2.38. The Kier molecular flexibility index (Phi) is 6.69. The molecule has 0 aliphatic carbocycles. The number of hydrogen-bond donors (Lipinski definition) is 1. The molecule has 4 rings (SSSR count). The van der Waals surface area contributed by atoms with Crippen LogP contribution in [0.3, 0.4) is 0 Å². The molecule has 2 aliphatic heterocycles. The fourth-order valence-corrected chi connectivity index (χ4v) is 3.69. The molecule has 1 amide bonds. The Morgan fingerprint density at radius 1 is 1.04 bits per heavy atom. The number of pyridine rings is 1. The summed E-state index contributed by atoms with van der Waals surface area (Å²) in [6.45, 7) is 3.75. The summed E-state index contributed by atoms with van der Waals surface area (Å²) >= 11 is 5.93. The highest BCUT2D eigenvalue weighted by atomic mass is 35.5. The molecule has 134 valence electrons. The van der Waals surface area contributed by atoms with Crippen LogP contribution in [0.15, 0.2) is 42.7 Å². The van der Waals surface area contributed by atoms with Gasteiger partial charge in [0.2, 0.25) is 0 Å². The standard InChI is InChI=1S/C18H18ClN3O.2ClH/c19-17-3-1-12(2-4-17)13-5-14(7-20-6-13)18(23)22-10-15-8-21-9-16(15)11-22;;/h1-7,15-16,21H,8-11H2;2*1H/t15-,16+;;. The van der Waals surface area contributed by atoms with Crippen LogP contribution in [-0.4, -0.2) is 42.0 Å². The van der Waals surface area contributed by atoms with Gasteiger partial charge in [0.05, 0.1) is 5.56 Å². The number of hydrogen-bond acceptors (Lipinski definition) is 3. The summed E-state index contributed by atoms with van der Waals surface area (Å²) < 4.78 is 0. The number of rotatable bonds is 2. The maximum Gasteiger partial charge on any atom is 0.255 e. The number of fused-ring (bicyclic) bond motifs is 1. The summed E-state index contributed by atoms with van der Waals surface area (Å²) in [5.74, 6) is 1.29. The van der Waals surface area contributed by atoms with Crippen LogP contribution in [0.1, 0.15) is 10.4 Å². The second kappa shape index (κ2) is 8.37. The van der Waals surface area contributed by atoms with Crippen molar-refractivity contribution in [3.05, 3.63) is 53.3 Å². The lowest BCUT2D eigenvalue weighted by molar-refractivity contribution is 0.0781. The van der Waals surface area contributed by atoms with E-state index in [2.05, 4.69) is 10.3 Å². The smallest absolute Gasteiger partial charge is 0.255 e. The quantitative estimate of drug-likeness (QED) is 0.838. The van der Waals surface area contributed by atoms with Gasteiger partial charge in [-0.15, -0.1) is 24.8 Å². The van der Waals surface area contributed by atoms with Crippen molar-refractivity contribution in [2.24, 2.45) is 11.8 Å². The minimum Gasteiger partial charge on any atom is -0.338 e. The molecule has 3 heterocycles. The number of nitrogens with one attached hydrogen (secondary N) is 1. The highest BCUT2D eigenvalue weighted by molar-refractivity contribution is 6.30. The average Bonchev–Trinajstić information content (AvgIpc) is 3.16. The maximum atomic E-state index is 12.8. The van der Waals surface area contributed by atoms with Gasteiger partial charge in [-0.2, -0.15) is 0 Å².